The maximum absolute atomic E-state index is 11.9. The second kappa shape index (κ2) is 5.27. The van der Waals surface area contributed by atoms with E-state index < -0.39 is 6.04 Å². The van der Waals surface area contributed by atoms with Gasteiger partial charge in [-0.3, -0.25) is 4.79 Å². The highest BCUT2D eigenvalue weighted by atomic mass is 16.5. The third kappa shape index (κ3) is 3.37. The maximum Gasteiger partial charge on any atom is 0.241 e. The Balaban J connectivity index is 2.83. The summed E-state index contributed by atoms with van der Waals surface area (Å²) in [5.74, 6) is 0.136. The fraction of sp³-hybridized carbons (Fsp3) is 0.462. The highest BCUT2D eigenvalue weighted by molar-refractivity contribution is 5.96. The first kappa shape index (κ1) is 14.3. The minimum atomic E-state index is -0.654. The first-order valence-corrected chi connectivity index (χ1v) is 5.69. The van der Waals surface area contributed by atoms with Gasteiger partial charge in [0.2, 0.25) is 5.91 Å². The van der Waals surface area contributed by atoms with Gasteiger partial charge in [-0.15, -0.1) is 0 Å². The number of amides is 1. The van der Waals surface area contributed by atoms with Crippen LogP contribution in [0.5, 0.6) is 11.5 Å². The number of nitrogens with one attached hydrogen (secondary N) is 1. The van der Waals surface area contributed by atoms with Crippen molar-refractivity contribution in [3.05, 3.63) is 18.2 Å². The zero-order valence-electron chi connectivity index (χ0n) is 11.2. The summed E-state index contributed by atoms with van der Waals surface area (Å²) in [6.07, 6.45) is 0. The number of carbonyl (C=O) groups is 1. The van der Waals surface area contributed by atoms with E-state index in [0.29, 0.717) is 11.4 Å². The van der Waals surface area contributed by atoms with Crippen LogP contribution in [0.3, 0.4) is 0 Å². The van der Waals surface area contributed by atoms with Crippen LogP contribution in [0, 0.1) is 5.41 Å². The Labute approximate surface area is 107 Å². The highest BCUT2D eigenvalue weighted by Crippen LogP contribution is 2.28. The minimum absolute atomic E-state index is 0.0520. The molecule has 5 heteroatoms. The van der Waals surface area contributed by atoms with Crippen LogP contribution in [-0.4, -0.2) is 24.2 Å². The Morgan fingerprint density at radius 3 is 2.50 bits per heavy atom. The molecular formula is C13H20N2O3. The topological polar surface area (TPSA) is 84.6 Å². The molecule has 0 spiro atoms. The zero-order valence-corrected chi connectivity index (χ0v) is 11.2. The number of phenolic OH excluding ortho intramolecular Hbond substituents is 1. The summed E-state index contributed by atoms with van der Waals surface area (Å²) in [6.45, 7) is 5.64. The number of carbonyl (C=O) groups excluding carboxylic acids is 1. The van der Waals surface area contributed by atoms with E-state index in [9.17, 15) is 9.90 Å². The molecule has 100 valence electrons. The predicted octanol–water partition coefficient (Wildman–Crippen LogP) is 1.71. The molecule has 1 aromatic rings. The molecule has 0 heterocycles. The van der Waals surface area contributed by atoms with Gasteiger partial charge in [0.1, 0.15) is 11.5 Å². The molecule has 0 bridgehead atoms. The van der Waals surface area contributed by atoms with Gasteiger partial charge < -0.3 is 20.9 Å². The van der Waals surface area contributed by atoms with Crippen LogP contribution in [0.25, 0.3) is 0 Å². The van der Waals surface area contributed by atoms with Gasteiger partial charge in [-0.05, 0) is 17.5 Å². The number of phenols is 1. The molecule has 0 unspecified atom stereocenters. The Kier molecular flexibility index (Phi) is 4.19. The number of aromatic hydroxyl groups is 1. The van der Waals surface area contributed by atoms with Crippen molar-refractivity contribution in [2.45, 2.75) is 26.8 Å². The normalized spacial score (nSPS) is 12.9. The number of anilines is 1. The van der Waals surface area contributed by atoms with Crippen LogP contribution in [0.4, 0.5) is 5.69 Å². The van der Waals surface area contributed by atoms with E-state index in [1.807, 2.05) is 20.8 Å². The lowest BCUT2D eigenvalue weighted by atomic mass is 9.87. The molecule has 1 rings (SSSR count). The third-order valence-corrected chi connectivity index (χ3v) is 2.68. The van der Waals surface area contributed by atoms with Gasteiger partial charge in [0.05, 0.1) is 18.8 Å². The summed E-state index contributed by atoms with van der Waals surface area (Å²) >= 11 is 0. The van der Waals surface area contributed by atoms with E-state index in [-0.39, 0.29) is 17.1 Å². The molecule has 4 N–H and O–H groups in total. The number of rotatable bonds is 3. The van der Waals surface area contributed by atoms with E-state index >= 15 is 0 Å². The number of hydrogen-bond acceptors (Lipinski definition) is 4. The molecule has 0 aromatic heterocycles. The van der Waals surface area contributed by atoms with Crippen molar-refractivity contribution < 1.29 is 14.6 Å². The molecule has 5 nitrogen and oxygen atoms in total. The quantitative estimate of drug-likeness (QED) is 0.715. The fourth-order valence-corrected chi connectivity index (χ4v) is 1.35. The zero-order chi connectivity index (χ0) is 13.9. The Morgan fingerprint density at radius 1 is 1.44 bits per heavy atom. The van der Waals surface area contributed by atoms with Gasteiger partial charge in [-0.25, -0.2) is 0 Å². The number of hydrogen-bond donors (Lipinski definition) is 3. The molecule has 0 saturated carbocycles. The molecule has 0 radical (unpaired) electrons. The molecule has 0 aliphatic rings. The summed E-state index contributed by atoms with van der Waals surface area (Å²) in [4.78, 5) is 11.9. The summed E-state index contributed by atoms with van der Waals surface area (Å²) in [5, 5.41) is 12.3. The number of methoxy groups -OCH3 is 1. The van der Waals surface area contributed by atoms with Crippen LogP contribution in [0.2, 0.25) is 0 Å². The summed E-state index contributed by atoms with van der Waals surface area (Å²) in [6, 6.07) is 4.00. The van der Waals surface area contributed by atoms with Crippen LogP contribution >= 0.6 is 0 Å². The number of nitrogens with two attached hydrogens (primary N) is 1. The monoisotopic (exact) mass is 252 g/mol. The average molecular weight is 252 g/mol. The second-order valence-electron chi connectivity index (χ2n) is 5.22. The highest BCUT2D eigenvalue weighted by Gasteiger charge is 2.27. The SMILES string of the molecule is COc1ccc(NC(=O)[C@@H](N)C(C)(C)C)c(O)c1. The Hall–Kier alpha value is -1.75. The van der Waals surface area contributed by atoms with Crippen molar-refractivity contribution in [2.75, 3.05) is 12.4 Å². The first-order valence-electron chi connectivity index (χ1n) is 5.69. The number of benzene rings is 1. The summed E-state index contributed by atoms with van der Waals surface area (Å²) in [5.41, 5.74) is 5.81. The lowest BCUT2D eigenvalue weighted by Crippen LogP contribution is -2.45. The van der Waals surface area contributed by atoms with Crippen LogP contribution in [0.15, 0.2) is 18.2 Å². The first-order chi connectivity index (χ1) is 8.25. The fourth-order valence-electron chi connectivity index (χ4n) is 1.35. The lowest BCUT2D eigenvalue weighted by Gasteiger charge is -2.25. The van der Waals surface area contributed by atoms with Crippen molar-refractivity contribution in [2.24, 2.45) is 11.1 Å². The number of ether oxygens (including phenoxy) is 1. The van der Waals surface area contributed by atoms with E-state index in [2.05, 4.69) is 5.32 Å². The summed E-state index contributed by atoms with van der Waals surface area (Å²) < 4.78 is 4.96. The molecule has 0 fully saturated rings. The van der Waals surface area contributed by atoms with Crippen molar-refractivity contribution in [1.82, 2.24) is 0 Å². The van der Waals surface area contributed by atoms with Crippen LogP contribution in [0.1, 0.15) is 20.8 Å². The second-order valence-corrected chi connectivity index (χ2v) is 5.22. The van der Waals surface area contributed by atoms with Crippen molar-refractivity contribution >= 4 is 11.6 Å². The van der Waals surface area contributed by atoms with E-state index in [1.54, 1.807) is 12.1 Å². The van der Waals surface area contributed by atoms with E-state index in [4.69, 9.17) is 10.5 Å². The van der Waals surface area contributed by atoms with Gasteiger partial charge in [0, 0.05) is 6.07 Å². The molecule has 0 saturated heterocycles. The van der Waals surface area contributed by atoms with E-state index in [0.717, 1.165) is 0 Å². The smallest absolute Gasteiger partial charge is 0.241 e. The molecule has 1 aromatic carbocycles. The van der Waals surface area contributed by atoms with Gasteiger partial charge in [-0.2, -0.15) is 0 Å². The third-order valence-electron chi connectivity index (χ3n) is 2.68. The summed E-state index contributed by atoms with van der Waals surface area (Å²) in [7, 11) is 1.50. The largest absolute Gasteiger partial charge is 0.506 e. The average Bonchev–Trinajstić information content (AvgIpc) is 2.29. The van der Waals surface area contributed by atoms with Crippen molar-refractivity contribution in [1.29, 1.82) is 0 Å². The molecule has 0 aliphatic carbocycles. The predicted molar refractivity (Wildman–Crippen MR) is 70.7 cm³/mol. The van der Waals surface area contributed by atoms with Gasteiger partial charge in [0.25, 0.3) is 0 Å². The van der Waals surface area contributed by atoms with Gasteiger partial charge in [-0.1, -0.05) is 20.8 Å². The van der Waals surface area contributed by atoms with E-state index in [1.165, 1.54) is 13.2 Å². The van der Waals surface area contributed by atoms with Crippen LogP contribution < -0.4 is 15.8 Å². The van der Waals surface area contributed by atoms with Crippen molar-refractivity contribution in [3.8, 4) is 11.5 Å². The molecule has 18 heavy (non-hydrogen) atoms. The van der Waals surface area contributed by atoms with Gasteiger partial charge in [0.15, 0.2) is 0 Å². The Bertz CT molecular complexity index is 438. The molecule has 1 atom stereocenters. The molecule has 1 amide bonds. The minimum Gasteiger partial charge on any atom is -0.506 e. The maximum atomic E-state index is 11.9. The lowest BCUT2D eigenvalue weighted by molar-refractivity contribution is -0.119. The van der Waals surface area contributed by atoms with Gasteiger partial charge >= 0.3 is 0 Å². The molecule has 0 aliphatic heterocycles. The molecular weight excluding hydrogens is 232 g/mol. The Morgan fingerprint density at radius 2 is 2.06 bits per heavy atom. The van der Waals surface area contributed by atoms with Crippen molar-refractivity contribution in [3.63, 3.8) is 0 Å². The standard InChI is InChI=1S/C13H20N2O3/c1-13(2,3)11(14)12(17)15-9-6-5-8(18-4)7-10(9)16/h5-7,11,16H,14H2,1-4H3,(H,15,17)/t11-/m1/s1. The van der Waals surface area contributed by atoms with Crippen LogP contribution in [-0.2, 0) is 4.79 Å².